The van der Waals surface area contributed by atoms with E-state index in [0.29, 0.717) is 18.6 Å². The van der Waals surface area contributed by atoms with Crippen LogP contribution in [-0.2, 0) is 47.9 Å². The van der Waals surface area contributed by atoms with Gasteiger partial charge in [-0.3, -0.25) is 36.8 Å². The normalized spacial score (nSPS) is 25.1. The number of alkyl halides is 3. The molecule has 660 valence electrons. The molecule has 0 radical (unpaired) electrons. The van der Waals surface area contributed by atoms with Gasteiger partial charge in [0.05, 0.1) is 25.9 Å². The van der Waals surface area contributed by atoms with Gasteiger partial charge in [0.15, 0.2) is 37.2 Å². The van der Waals surface area contributed by atoms with Gasteiger partial charge in [0.25, 0.3) is 0 Å². The number of ether oxygens (including phenoxy) is 6. The lowest BCUT2D eigenvalue weighted by atomic mass is 9.77. The smallest absolute Gasteiger partial charge is 0.351 e. The molecule has 5 fully saturated rings. The van der Waals surface area contributed by atoms with E-state index in [1.54, 1.807) is 27.0 Å². The highest BCUT2D eigenvalue weighted by Crippen LogP contribution is 3.22. The maximum Gasteiger partial charge on any atom is 0.351 e. The third-order valence-electron chi connectivity index (χ3n) is 21.8. The summed E-state index contributed by atoms with van der Waals surface area (Å²) in [5, 5.41) is 40.0. The second kappa shape index (κ2) is 47.7. The van der Waals surface area contributed by atoms with Crippen molar-refractivity contribution in [3.05, 3.63) is 170 Å². The van der Waals surface area contributed by atoms with Crippen molar-refractivity contribution in [1.29, 1.82) is 0 Å². The number of carbonyl (C=O) groups is 2. The zero-order valence-corrected chi connectivity index (χ0v) is 84.1. The topological polar surface area (TPSA) is 369 Å². The number of nitrogens with two attached hydrogens (primary N) is 2. The predicted molar refractivity (Wildman–Crippen MR) is 507 cm³/mol. The summed E-state index contributed by atoms with van der Waals surface area (Å²) in [7, 11) is 23.2. The molecule has 0 spiro atoms. The van der Waals surface area contributed by atoms with Gasteiger partial charge >= 0.3 is 36.7 Å². The summed E-state index contributed by atoms with van der Waals surface area (Å²) in [6.45, 7) is 11.5. The van der Waals surface area contributed by atoms with Crippen LogP contribution in [0.3, 0.4) is 0 Å². The Morgan fingerprint density at radius 2 is 0.983 bits per heavy atom. The van der Waals surface area contributed by atoms with Crippen LogP contribution in [0.4, 0.5) is 30.6 Å². The first-order chi connectivity index (χ1) is 56.5. The highest BCUT2D eigenvalue weighted by molar-refractivity contribution is 9.28. The third kappa shape index (κ3) is 25.8. The molecule has 46 heteroatoms. The summed E-state index contributed by atoms with van der Waals surface area (Å²) in [5.41, 5.74) is 6.69. The molecule has 3 aliphatic heterocycles. The quantitative estimate of drug-likeness (QED) is 0.0114. The summed E-state index contributed by atoms with van der Waals surface area (Å²) < 4.78 is 102. The Morgan fingerprint density at radius 3 is 1.35 bits per heavy atom. The fourth-order valence-electron chi connectivity index (χ4n) is 14.8. The Bertz CT molecular complexity index is 4360. The number of benzene rings is 3. The number of nitrogens with one attached hydrogen (secondary N) is 3. The number of rotatable bonds is 31. The summed E-state index contributed by atoms with van der Waals surface area (Å²) in [6.07, 6.45) is 1.44. The SMILES string of the molecule is CCC1(CC)O[C@@H](n2ccc(N)nc2=O)[C@H](F)[C@@H]1C.CC[C@]1(CO)O[C@@H](n2ccc(NC(c3ccccc3)(c3ccccc3)c3ccc(OC)cc3)nc2=O)[C@H](F)[C@@H]1O.CC[C@]1(COP(=O)(N[C@@H](C)C(=O)OC2CCCCC2)N[C@@H](C)C(=O)OC2CCCCC2)O[C@@H](n2ccc(N)nc2=O)[C@H](F)[C@@H]1O.P[P-]P(P)P(P(P)P)P(P(P)P)P(P)P. The Balaban J connectivity index is 0.000000216. The maximum atomic E-state index is 15.5. The lowest BCUT2D eigenvalue weighted by Crippen LogP contribution is -2.48. The van der Waals surface area contributed by atoms with Gasteiger partial charge in [-0.1, -0.05) is 120 Å². The van der Waals surface area contributed by atoms with Gasteiger partial charge in [-0.25, -0.2) is 44.7 Å². The molecule has 0 amide bonds. The van der Waals surface area contributed by atoms with Crippen LogP contribution in [0.15, 0.2) is 136 Å². The van der Waals surface area contributed by atoms with Crippen LogP contribution < -0.4 is 48.8 Å². The van der Waals surface area contributed by atoms with Gasteiger partial charge in [0, 0.05) is 24.5 Å². The van der Waals surface area contributed by atoms with E-state index in [-0.39, 0.29) is 90.3 Å². The van der Waals surface area contributed by atoms with E-state index in [1.165, 1.54) is 57.1 Å². The number of halogens is 3. The lowest BCUT2D eigenvalue weighted by molar-refractivity contribution is -0.152. The second-order valence-electron chi connectivity index (χ2n) is 29.3. The number of methoxy groups -OCH3 is 1. The molecule has 11 rings (SSSR count). The first kappa shape index (κ1) is 103. The minimum Gasteiger partial charge on any atom is -0.497 e. The minimum absolute atomic E-state index is 0.0131. The van der Waals surface area contributed by atoms with E-state index in [1.807, 2.05) is 106 Å². The minimum atomic E-state index is -4.32. The molecule has 27 nitrogen and oxygen atoms in total. The van der Waals surface area contributed by atoms with E-state index < -0.39 is 134 Å². The van der Waals surface area contributed by atoms with Crippen molar-refractivity contribution < 1.29 is 75.6 Å². The summed E-state index contributed by atoms with van der Waals surface area (Å²) in [6, 6.07) is 29.3. The van der Waals surface area contributed by atoms with Crippen molar-refractivity contribution in [2.75, 3.05) is 37.1 Å². The standard InChI is InChI=1S/C31H32FN3O5.C29H47FN5O9P.C13H20FN3O2.H16P15/c1-3-30(20-36)27(37)26(32)28(40-30)35-19-18-25(33-29(35)38)34-31(21-10-6-4-7-11-21,22-12-8-5-9-13-22)23-14-16-24(39-2)17-15-23;1-4-29(24(36)23(30)25(44-29)35-16-15-22(31)32-28(35)39)17-41-45(40,33-18(2)26(37)42-20-11-7-5-8-12-20)34-19(3)27(38)43-21-13-9-6-10-14-21;1-4-13(5-2)8(3)10(14)11(19-13)17-7-6-9(15)16-12(17)18;1-9-13(8)15(12(6)7)14(10(2)3)11(4)5/h4-19,26-28,36-37H,3,20H2,1-2H3,(H,33,34,38);15-16,18-21,23-25,36H,4-14,17H2,1-3H3,(H2,31,32,39)(H2,33,34,40);6-8,10-11H,4-5H2,1-3H3,(H2,15,16,18);1-8H2/q;;;-1/t26-,27+,28-,30-;18-,19-,23+,24-,25+,29+;8-,10+,11+;/m100./s1. The molecule has 3 saturated heterocycles. The molecular weight excluding hydrogens is 1840 g/mol. The highest BCUT2D eigenvalue weighted by atomic mass is 33.3. The zero-order valence-electron chi connectivity index (χ0n) is 67.7. The van der Waals surface area contributed by atoms with Gasteiger partial charge in [0.2, 0.25) is 0 Å². The molecule has 6 aromatic rings. The lowest BCUT2D eigenvalue weighted by Gasteiger charge is -2.44. The largest absolute Gasteiger partial charge is 0.497 e. The van der Waals surface area contributed by atoms with E-state index in [2.05, 4.69) is 102 Å². The van der Waals surface area contributed by atoms with Gasteiger partial charge in [-0.05, 0) is 173 Å². The van der Waals surface area contributed by atoms with Crippen molar-refractivity contribution in [2.45, 2.75) is 234 Å². The molecule has 0 bridgehead atoms. The Labute approximate surface area is 721 Å². The summed E-state index contributed by atoms with van der Waals surface area (Å²) in [5.74, 6) is -0.553. The van der Waals surface area contributed by atoms with Crippen LogP contribution in [-0.4, -0.2) is 148 Å². The van der Waals surface area contributed by atoms with Crippen molar-refractivity contribution in [2.24, 2.45) is 5.92 Å². The Morgan fingerprint density at radius 1 is 0.597 bits per heavy atom. The monoisotopic (exact) mass is 1950 g/mol. The molecule has 119 heavy (non-hydrogen) atoms. The average Bonchev–Trinajstić information content (AvgIpc) is 1.68. The molecule has 2 saturated carbocycles. The fraction of sp³-hybridized carbons (Fsp3) is 0.562. The van der Waals surface area contributed by atoms with Gasteiger partial charge in [-0.2, -0.15) is 15.0 Å². The molecule has 6 heterocycles. The van der Waals surface area contributed by atoms with E-state index in [0.717, 1.165) is 90.0 Å². The number of aliphatic hydroxyl groups is 3. The number of esters is 2. The Hall–Kier alpha value is -1.45. The molecule has 3 aromatic carbocycles. The fourth-order valence-corrected chi connectivity index (χ4v) is 169. The number of nitrogens with zero attached hydrogens (tertiary/aromatic N) is 6. The molecule has 3 aromatic heterocycles. The molecule has 5 aliphatic rings. The zero-order chi connectivity index (χ0) is 87.5. The average molecular weight is 1960 g/mol. The number of hydrogen-bond acceptors (Lipinski definition) is 22. The number of aliphatic hydroxyl groups excluding tert-OH is 3. The van der Waals surface area contributed by atoms with E-state index in [9.17, 15) is 48.2 Å². The van der Waals surface area contributed by atoms with Crippen LogP contribution in [0, 0.1) is 5.92 Å². The summed E-state index contributed by atoms with van der Waals surface area (Å²) in [4.78, 5) is 74.8. The first-order valence-corrected chi connectivity index (χ1v) is 66.7. The van der Waals surface area contributed by atoms with Gasteiger partial charge in [0.1, 0.15) is 76.4 Å². The van der Waals surface area contributed by atoms with Crippen molar-refractivity contribution in [1.82, 2.24) is 38.8 Å². The van der Waals surface area contributed by atoms with Crippen LogP contribution >= 0.6 is 129 Å². The number of anilines is 3. The van der Waals surface area contributed by atoms with Crippen molar-refractivity contribution >= 4 is 158 Å². The second-order valence-corrected chi connectivity index (χ2v) is 86.1. The van der Waals surface area contributed by atoms with Crippen LogP contribution in [0.5, 0.6) is 5.75 Å². The molecule has 10 unspecified atom stereocenters. The number of hydrogen-bond donors (Lipinski definition) is 8. The van der Waals surface area contributed by atoms with Crippen LogP contribution in [0.2, 0.25) is 0 Å². The molecular formula is C73H115F3N11O16P16-. The first-order valence-electron chi connectivity index (χ1n) is 38.9. The summed E-state index contributed by atoms with van der Waals surface area (Å²) >= 11 is 0. The van der Waals surface area contributed by atoms with Gasteiger partial charge in [-0.15, -0.1) is 62.5 Å². The van der Waals surface area contributed by atoms with Crippen molar-refractivity contribution in [3.63, 3.8) is 0 Å². The van der Waals surface area contributed by atoms with Crippen molar-refractivity contribution in [3.8, 4) is 5.75 Å². The number of aromatic nitrogens is 6. The molecule has 10 N–H and O–H groups in total. The number of nitrogen functional groups attached to an aromatic ring is 2. The number of carbonyl (C=O) groups excluding carboxylic acids is 2. The molecule has 23 atom stereocenters. The Kier molecular flexibility index (Phi) is 41.3. The highest BCUT2D eigenvalue weighted by Gasteiger charge is 2.58. The maximum absolute atomic E-state index is 15.5. The van der Waals surface area contributed by atoms with Crippen LogP contribution in [0.1, 0.15) is 174 Å². The van der Waals surface area contributed by atoms with E-state index >= 15 is 8.78 Å². The molecule has 2 aliphatic carbocycles. The third-order valence-corrected chi connectivity index (χ3v) is 110. The predicted octanol–water partition coefficient (Wildman–Crippen LogP) is 17.6. The van der Waals surface area contributed by atoms with E-state index in [4.69, 9.17) is 44.4 Å². The van der Waals surface area contributed by atoms with Gasteiger partial charge < -0.3 is 73.0 Å². The van der Waals surface area contributed by atoms with Crippen LogP contribution in [0.25, 0.3) is 0 Å².